The molecule has 1 aliphatic heterocycles. The maximum atomic E-state index is 12.8. The molecule has 0 radical (unpaired) electrons. The zero-order chi connectivity index (χ0) is 19.2. The number of hydrogen-bond donors (Lipinski definition) is 3. The van der Waals surface area contributed by atoms with Gasteiger partial charge in [-0.05, 0) is 48.2 Å². The molecule has 1 aliphatic carbocycles. The van der Waals surface area contributed by atoms with E-state index in [2.05, 4.69) is 16.0 Å². The van der Waals surface area contributed by atoms with E-state index in [-0.39, 0.29) is 18.4 Å². The summed E-state index contributed by atoms with van der Waals surface area (Å²) in [4.78, 5) is 23.9. The zero-order valence-electron chi connectivity index (χ0n) is 14.1. The monoisotopic (exact) mass is 375 g/mol. The number of aryl methyl sites for hydroxylation is 1. The standard InChI is InChI=1S/C19H16F3N3O2/c20-19(21,22)11-5-6-12-10(8-11)4-7-16(12)25-18(27)24-15-3-1-2-14-13(15)9-17(26)23-14/h1-3,5-6,8,16H,4,7,9H2,(H,23,26)(H2,24,25,27). The van der Waals surface area contributed by atoms with Gasteiger partial charge >= 0.3 is 12.2 Å². The van der Waals surface area contributed by atoms with Crippen molar-refractivity contribution in [3.05, 3.63) is 58.7 Å². The Kier molecular flexibility index (Phi) is 4.05. The summed E-state index contributed by atoms with van der Waals surface area (Å²) in [6, 6.07) is 8.00. The first-order valence-corrected chi connectivity index (χ1v) is 8.50. The van der Waals surface area contributed by atoms with E-state index in [4.69, 9.17) is 0 Å². The van der Waals surface area contributed by atoms with Crippen molar-refractivity contribution >= 4 is 23.3 Å². The Balaban J connectivity index is 1.47. The maximum Gasteiger partial charge on any atom is 0.416 e. The molecule has 3 amide bonds. The minimum absolute atomic E-state index is 0.134. The molecule has 3 N–H and O–H groups in total. The summed E-state index contributed by atoms with van der Waals surface area (Å²) in [6.45, 7) is 0. The van der Waals surface area contributed by atoms with Crippen molar-refractivity contribution in [1.29, 1.82) is 0 Å². The molecule has 0 fully saturated rings. The summed E-state index contributed by atoms with van der Waals surface area (Å²) in [5.41, 5.74) is 2.55. The summed E-state index contributed by atoms with van der Waals surface area (Å²) in [5.74, 6) is -0.134. The van der Waals surface area contributed by atoms with Crippen LogP contribution < -0.4 is 16.0 Å². The largest absolute Gasteiger partial charge is 0.416 e. The number of carbonyl (C=O) groups is 2. The van der Waals surface area contributed by atoms with Gasteiger partial charge in [-0.15, -0.1) is 0 Å². The predicted octanol–water partition coefficient (Wildman–Crippen LogP) is 4.01. The third-order valence-corrected chi connectivity index (χ3v) is 4.89. The van der Waals surface area contributed by atoms with Gasteiger partial charge < -0.3 is 16.0 Å². The van der Waals surface area contributed by atoms with E-state index >= 15 is 0 Å². The first-order chi connectivity index (χ1) is 12.8. The second-order valence-electron chi connectivity index (χ2n) is 6.66. The molecule has 0 aromatic heterocycles. The van der Waals surface area contributed by atoms with Crippen LogP contribution in [0.5, 0.6) is 0 Å². The molecule has 0 bridgehead atoms. The third-order valence-electron chi connectivity index (χ3n) is 4.89. The Morgan fingerprint density at radius 3 is 2.78 bits per heavy atom. The average Bonchev–Trinajstić information content (AvgIpc) is 3.17. The first-order valence-electron chi connectivity index (χ1n) is 8.50. The van der Waals surface area contributed by atoms with Crippen LogP contribution in [-0.4, -0.2) is 11.9 Å². The quantitative estimate of drug-likeness (QED) is 0.742. The van der Waals surface area contributed by atoms with Gasteiger partial charge in [0.1, 0.15) is 0 Å². The smallest absolute Gasteiger partial charge is 0.331 e. The molecule has 5 nitrogen and oxygen atoms in total. The number of benzene rings is 2. The number of nitrogens with one attached hydrogen (secondary N) is 3. The molecular weight excluding hydrogens is 359 g/mol. The van der Waals surface area contributed by atoms with Crippen LogP contribution in [-0.2, 0) is 23.8 Å². The van der Waals surface area contributed by atoms with Gasteiger partial charge in [0.2, 0.25) is 5.91 Å². The molecule has 140 valence electrons. The molecule has 1 atom stereocenters. The molecule has 0 saturated heterocycles. The van der Waals surface area contributed by atoms with Crippen LogP contribution >= 0.6 is 0 Å². The SMILES string of the molecule is O=C1Cc2c(cccc2NC(=O)NC2CCc3cc(C(F)(F)F)ccc32)N1. The van der Waals surface area contributed by atoms with E-state index in [1.807, 2.05) is 0 Å². The molecule has 4 rings (SSSR count). The van der Waals surface area contributed by atoms with E-state index in [0.29, 0.717) is 35.3 Å². The van der Waals surface area contributed by atoms with E-state index < -0.39 is 17.8 Å². The van der Waals surface area contributed by atoms with Gasteiger partial charge in [0.05, 0.1) is 18.0 Å². The van der Waals surface area contributed by atoms with Crippen molar-refractivity contribution < 1.29 is 22.8 Å². The highest BCUT2D eigenvalue weighted by Gasteiger charge is 2.33. The van der Waals surface area contributed by atoms with Crippen molar-refractivity contribution in [3.63, 3.8) is 0 Å². The second-order valence-corrected chi connectivity index (χ2v) is 6.66. The number of amides is 3. The fraction of sp³-hybridized carbons (Fsp3) is 0.263. The number of fused-ring (bicyclic) bond motifs is 2. The molecule has 1 unspecified atom stereocenters. The minimum atomic E-state index is -4.38. The number of anilines is 2. The Morgan fingerprint density at radius 2 is 2.00 bits per heavy atom. The summed E-state index contributed by atoms with van der Waals surface area (Å²) in [5, 5.41) is 8.25. The van der Waals surface area contributed by atoms with E-state index in [9.17, 15) is 22.8 Å². The predicted molar refractivity (Wildman–Crippen MR) is 93.4 cm³/mol. The third kappa shape index (κ3) is 3.34. The lowest BCUT2D eigenvalue weighted by molar-refractivity contribution is -0.137. The number of hydrogen-bond acceptors (Lipinski definition) is 2. The number of alkyl halides is 3. The molecule has 27 heavy (non-hydrogen) atoms. The fourth-order valence-corrected chi connectivity index (χ4v) is 3.63. The molecule has 0 spiro atoms. The Morgan fingerprint density at radius 1 is 1.19 bits per heavy atom. The Bertz CT molecular complexity index is 940. The van der Waals surface area contributed by atoms with Crippen LogP contribution in [0.3, 0.4) is 0 Å². The van der Waals surface area contributed by atoms with Crippen molar-refractivity contribution in [2.75, 3.05) is 10.6 Å². The van der Waals surface area contributed by atoms with Crippen LogP contribution in [0.25, 0.3) is 0 Å². The summed E-state index contributed by atoms with van der Waals surface area (Å²) in [7, 11) is 0. The zero-order valence-corrected chi connectivity index (χ0v) is 14.1. The molecule has 1 heterocycles. The minimum Gasteiger partial charge on any atom is -0.331 e. The Labute approximate surface area is 153 Å². The summed E-state index contributed by atoms with van der Waals surface area (Å²) >= 11 is 0. The van der Waals surface area contributed by atoms with Gasteiger partial charge in [-0.3, -0.25) is 4.79 Å². The van der Waals surface area contributed by atoms with Crippen LogP contribution in [0.1, 0.15) is 34.7 Å². The van der Waals surface area contributed by atoms with Crippen LogP contribution in [0.15, 0.2) is 36.4 Å². The molecule has 8 heteroatoms. The molecule has 2 aromatic rings. The maximum absolute atomic E-state index is 12.8. The van der Waals surface area contributed by atoms with E-state index in [1.54, 1.807) is 18.2 Å². The topological polar surface area (TPSA) is 70.2 Å². The number of rotatable bonds is 2. The number of halogens is 3. The fourth-order valence-electron chi connectivity index (χ4n) is 3.63. The average molecular weight is 375 g/mol. The van der Waals surface area contributed by atoms with Crippen molar-refractivity contribution in [2.24, 2.45) is 0 Å². The van der Waals surface area contributed by atoms with Crippen molar-refractivity contribution in [1.82, 2.24) is 5.32 Å². The lowest BCUT2D eigenvalue weighted by atomic mass is 10.0. The van der Waals surface area contributed by atoms with E-state index in [1.165, 1.54) is 6.07 Å². The number of carbonyl (C=O) groups excluding carboxylic acids is 2. The van der Waals surface area contributed by atoms with Gasteiger partial charge in [-0.2, -0.15) is 13.2 Å². The van der Waals surface area contributed by atoms with Gasteiger partial charge in [0, 0.05) is 16.9 Å². The van der Waals surface area contributed by atoms with Gasteiger partial charge in [-0.1, -0.05) is 12.1 Å². The van der Waals surface area contributed by atoms with Crippen molar-refractivity contribution in [3.8, 4) is 0 Å². The highest BCUT2D eigenvalue weighted by Crippen LogP contribution is 2.37. The van der Waals surface area contributed by atoms with Gasteiger partial charge in [-0.25, -0.2) is 4.79 Å². The summed E-state index contributed by atoms with van der Waals surface area (Å²) < 4.78 is 38.5. The second kappa shape index (κ2) is 6.29. The Hall–Kier alpha value is -3.03. The summed E-state index contributed by atoms with van der Waals surface area (Å²) in [6.07, 6.45) is -3.17. The highest BCUT2D eigenvalue weighted by molar-refractivity contribution is 6.03. The molecule has 2 aromatic carbocycles. The molecule has 0 saturated carbocycles. The van der Waals surface area contributed by atoms with Crippen LogP contribution in [0.4, 0.5) is 29.3 Å². The molecular formula is C19H16F3N3O2. The first kappa shape index (κ1) is 17.4. The van der Waals surface area contributed by atoms with Crippen molar-refractivity contribution in [2.45, 2.75) is 31.5 Å². The molecule has 2 aliphatic rings. The lowest BCUT2D eigenvalue weighted by Gasteiger charge is -2.16. The lowest BCUT2D eigenvalue weighted by Crippen LogP contribution is -2.31. The van der Waals surface area contributed by atoms with Gasteiger partial charge in [0.15, 0.2) is 0 Å². The van der Waals surface area contributed by atoms with Crippen LogP contribution in [0.2, 0.25) is 0 Å². The van der Waals surface area contributed by atoms with Gasteiger partial charge in [0.25, 0.3) is 0 Å². The highest BCUT2D eigenvalue weighted by atomic mass is 19.4. The van der Waals surface area contributed by atoms with Crippen LogP contribution in [0, 0.1) is 0 Å². The van der Waals surface area contributed by atoms with E-state index in [0.717, 1.165) is 17.7 Å². The normalized spacial score (nSPS) is 17.9. The number of urea groups is 1.